The molecule has 9 aromatic carbocycles. The Morgan fingerprint density at radius 1 is 0.375 bits per heavy atom. The van der Waals surface area contributed by atoms with Crippen LogP contribution in [0.1, 0.15) is 73.6 Å². The second-order valence-corrected chi connectivity index (χ2v) is 18.9. The largest absolute Gasteiger partial charge is 0.457 e. The van der Waals surface area contributed by atoms with Gasteiger partial charge in [-0.05, 0) is 115 Å². The van der Waals surface area contributed by atoms with Crippen molar-refractivity contribution in [2.24, 2.45) is 0 Å². The van der Waals surface area contributed by atoms with Crippen LogP contribution in [-0.4, -0.2) is 0 Å². The molecule has 1 unspecified atom stereocenters. The molecule has 1 atom stereocenters. The molecule has 0 aromatic heterocycles. The molecule has 0 radical (unpaired) electrons. The first-order chi connectivity index (χ1) is 31.1. The van der Waals surface area contributed by atoms with Crippen LogP contribution in [0.25, 0.3) is 33.4 Å². The maximum absolute atomic E-state index is 6.58. The van der Waals surface area contributed by atoms with E-state index in [1.807, 2.05) is 0 Å². The Bertz CT molecular complexity index is 3210. The Morgan fingerprint density at radius 2 is 0.906 bits per heavy atom. The molecule has 0 saturated heterocycles. The van der Waals surface area contributed by atoms with Gasteiger partial charge in [0, 0.05) is 33.6 Å². The number of hydrogen-bond donors (Lipinski definition) is 0. The highest BCUT2D eigenvalue weighted by Gasteiger charge is 2.47. The summed E-state index contributed by atoms with van der Waals surface area (Å²) in [5.41, 5.74) is 18.5. The van der Waals surface area contributed by atoms with Crippen LogP contribution in [0.5, 0.6) is 11.5 Å². The molecular formula is C62H51NO. The third-order valence-corrected chi connectivity index (χ3v) is 13.8. The fourth-order valence-corrected chi connectivity index (χ4v) is 10.5. The van der Waals surface area contributed by atoms with Crippen LogP contribution in [0.2, 0.25) is 0 Å². The summed E-state index contributed by atoms with van der Waals surface area (Å²) in [7, 11) is 0. The van der Waals surface area contributed by atoms with Crippen LogP contribution >= 0.6 is 0 Å². The van der Waals surface area contributed by atoms with Gasteiger partial charge < -0.3 is 9.64 Å². The minimum Gasteiger partial charge on any atom is -0.457 e. The lowest BCUT2D eigenvalue weighted by molar-refractivity contribution is 0.418. The number of benzene rings is 9. The zero-order valence-electron chi connectivity index (χ0n) is 37.1. The van der Waals surface area contributed by atoms with E-state index in [4.69, 9.17) is 4.74 Å². The monoisotopic (exact) mass is 825 g/mol. The summed E-state index contributed by atoms with van der Waals surface area (Å²) in [6, 6.07) is 80.4. The minimum atomic E-state index is -0.555. The summed E-state index contributed by atoms with van der Waals surface area (Å²) in [4.78, 5) is 2.41. The fourth-order valence-electron chi connectivity index (χ4n) is 10.5. The number of anilines is 3. The Morgan fingerprint density at radius 3 is 1.62 bits per heavy atom. The summed E-state index contributed by atoms with van der Waals surface area (Å²) in [5.74, 6) is 1.81. The van der Waals surface area contributed by atoms with Crippen LogP contribution in [0.4, 0.5) is 17.1 Å². The molecule has 2 heteroatoms. The van der Waals surface area contributed by atoms with Crippen LogP contribution < -0.4 is 9.64 Å². The average molecular weight is 826 g/mol. The van der Waals surface area contributed by atoms with Gasteiger partial charge in [-0.3, -0.25) is 0 Å². The predicted molar refractivity (Wildman–Crippen MR) is 267 cm³/mol. The van der Waals surface area contributed by atoms with Crippen molar-refractivity contribution in [2.45, 2.75) is 50.9 Å². The Hall–Kier alpha value is -7.42. The Kier molecular flexibility index (Phi) is 9.33. The molecule has 64 heavy (non-hydrogen) atoms. The van der Waals surface area contributed by atoms with Crippen molar-refractivity contribution >= 4 is 17.1 Å². The van der Waals surface area contributed by atoms with Crippen LogP contribution in [0, 0.1) is 0 Å². The normalized spacial score (nSPS) is 15.6. The van der Waals surface area contributed by atoms with E-state index in [9.17, 15) is 0 Å². The molecular weight excluding hydrogens is 775 g/mol. The van der Waals surface area contributed by atoms with E-state index < -0.39 is 5.41 Å². The van der Waals surface area contributed by atoms with Gasteiger partial charge in [0.05, 0.1) is 5.41 Å². The summed E-state index contributed by atoms with van der Waals surface area (Å²) in [6.07, 6.45) is 0. The standard InChI is InChI=1S/C62H51NO/c1-60(2,3)46-34-36-55-52(40-46)51-29-13-15-31-54(51)62(55,45-24-10-7-11-25-45)53-30-14-12-28-50(53)44-23-19-27-48(39-44)63(47-26-18-22-43(38-47)42-20-8-6-9-21-42)49-35-37-59-57(41-49)61(4,5)56-32-16-17-33-58(56)64-59/h6-41H,1-5H3. The van der Waals surface area contributed by atoms with Crippen molar-refractivity contribution in [1.29, 1.82) is 0 Å². The third kappa shape index (κ3) is 6.31. The molecule has 1 heterocycles. The number of hydrogen-bond acceptors (Lipinski definition) is 2. The lowest BCUT2D eigenvalue weighted by Gasteiger charge is -2.36. The van der Waals surface area contributed by atoms with Gasteiger partial charge in [-0.1, -0.05) is 204 Å². The maximum atomic E-state index is 6.58. The summed E-state index contributed by atoms with van der Waals surface area (Å²) < 4.78 is 6.58. The van der Waals surface area contributed by atoms with Crippen molar-refractivity contribution in [1.82, 2.24) is 0 Å². The fraction of sp³-hybridized carbons (Fsp3) is 0.129. The molecule has 310 valence electrons. The molecule has 1 aliphatic heterocycles. The van der Waals surface area contributed by atoms with E-state index in [0.717, 1.165) is 45.3 Å². The molecule has 2 nitrogen and oxygen atoms in total. The number of para-hydroxylation sites is 1. The number of rotatable bonds is 7. The SMILES string of the molecule is CC(C)(C)c1ccc2c(c1)-c1ccccc1C2(c1ccccc1)c1ccccc1-c1cccc(N(c2cccc(-c3ccccc3)c2)c2ccc3c(c2)C(C)(C)c2ccccc2O3)c1. The van der Waals surface area contributed by atoms with E-state index in [2.05, 4.69) is 258 Å². The van der Waals surface area contributed by atoms with Gasteiger partial charge in [-0.25, -0.2) is 0 Å². The van der Waals surface area contributed by atoms with Crippen molar-refractivity contribution < 1.29 is 4.74 Å². The second-order valence-electron chi connectivity index (χ2n) is 18.9. The smallest absolute Gasteiger partial charge is 0.131 e. The number of nitrogens with zero attached hydrogens (tertiary/aromatic N) is 1. The number of ether oxygens (including phenoxy) is 1. The van der Waals surface area contributed by atoms with Crippen molar-refractivity contribution in [2.75, 3.05) is 4.90 Å². The van der Waals surface area contributed by atoms with E-state index >= 15 is 0 Å². The number of fused-ring (bicyclic) bond motifs is 5. The van der Waals surface area contributed by atoms with Crippen molar-refractivity contribution in [3.05, 3.63) is 257 Å². The van der Waals surface area contributed by atoms with E-state index in [1.165, 1.54) is 55.6 Å². The molecule has 0 spiro atoms. The summed E-state index contributed by atoms with van der Waals surface area (Å²) >= 11 is 0. The predicted octanol–water partition coefficient (Wildman–Crippen LogP) is 16.6. The Balaban J connectivity index is 1.12. The van der Waals surface area contributed by atoms with Crippen molar-refractivity contribution in [3.63, 3.8) is 0 Å². The van der Waals surface area contributed by atoms with Gasteiger partial charge in [-0.15, -0.1) is 0 Å². The maximum Gasteiger partial charge on any atom is 0.131 e. The van der Waals surface area contributed by atoms with Gasteiger partial charge in [-0.2, -0.15) is 0 Å². The highest BCUT2D eigenvalue weighted by atomic mass is 16.5. The summed E-state index contributed by atoms with van der Waals surface area (Å²) in [6.45, 7) is 11.5. The highest BCUT2D eigenvalue weighted by molar-refractivity contribution is 5.90. The van der Waals surface area contributed by atoms with Crippen LogP contribution in [-0.2, 0) is 16.2 Å². The van der Waals surface area contributed by atoms with Crippen LogP contribution in [0.3, 0.4) is 0 Å². The molecule has 0 bridgehead atoms. The van der Waals surface area contributed by atoms with Crippen LogP contribution in [0.15, 0.2) is 218 Å². The molecule has 9 aromatic rings. The first-order valence-corrected chi connectivity index (χ1v) is 22.5. The average Bonchev–Trinajstić information content (AvgIpc) is 3.63. The molecule has 11 rings (SSSR count). The second kappa shape index (κ2) is 15.1. The van der Waals surface area contributed by atoms with Gasteiger partial charge in [0.1, 0.15) is 11.5 Å². The third-order valence-electron chi connectivity index (χ3n) is 13.8. The lowest BCUT2D eigenvalue weighted by atomic mass is 9.65. The van der Waals surface area contributed by atoms with Gasteiger partial charge in [0.25, 0.3) is 0 Å². The molecule has 0 amide bonds. The zero-order valence-corrected chi connectivity index (χ0v) is 37.1. The van der Waals surface area contributed by atoms with Gasteiger partial charge in [0.2, 0.25) is 0 Å². The van der Waals surface area contributed by atoms with E-state index in [-0.39, 0.29) is 10.8 Å². The topological polar surface area (TPSA) is 12.5 Å². The lowest BCUT2D eigenvalue weighted by Crippen LogP contribution is -2.29. The Labute approximate surface area is 378 Å². The van der Waals surface area contributed by atoms with E-state index in [1.54, 1.807) is 0 Å². The highest BCUT2D eigenvalue weighted by Crippen LogP contribution is 2.58. The molecule has 2 aliphatic rings. The molecule has 0 fully saturated rings. The zero-order chi connectivity index (χ0) is 43.6. The van der Waals surface area contributed by atoms with Gasteiger partial charge in [0.15, 0.2) is 0 Å². The molecule has 0 saturated carbocycles. The van der Waals surface area contributed by atoms with Crippen molar-refractivity contribution in [3.8, 4) is 44.9 Å². The quantitative estimate of drug-likeness (QED) is 0.159. The first-order valence-electron chi connectivity index (χ1n) is 22.5. The summed E-state index contributed by atoms with van der Waals surface area (Å²) in [5, 5.41) is 0. The molecule has 1 aliphatic carbocycles. The first kappa shape index (κ1) is 39.4. The van der Waals surface area contributed by atoms with Gasteiger partial charge >= 0.3 is 0 Å². The minimum absolute atomic E-state index is 0.0120. The van der Waals surface area contributed by atoms with E-state index in [0.29, 0.717) is 0 Å². The molecule has 0 N–H and O–H groups in total.